The number of nitriles is 1. The van der Waals surface area contributed by atoms with E-state index < -0.39 is 39.9 Å². The third-order valence-corrected chi connectivity index (χ3v) is 3.44. The lowest BCUT2D eigenvalue weighted by molar-refractivity contribution is -0.385. The number of halogens is 4. The van der Waals surface area contributed by atoms with Gasteiger partial charge in [0.1, 0.15) is 5.82 Å². The normalized spacial score (nSPS) is 12.6. The molecule has 2 aromatic rings. The molecule has 0 bridgehead atoms. The first-order valence-corrected chi connectivity index (χ1v) is 7.22. The molecule has 138 valence electrons. The van der Waals surface area contributed by atoms with Crippen LogP contribution in [0.5, 0.6) is 0 Å². The molecular weight excluding hydrogens is 370 g/mol. The first-order chi connectivity index (χ1) is 12.6. The Morgan fingerprint density at radius 2 is 2.00 bits per heavy atom. The van der Waals surface area contributed by atoms with Crippen molar-refractivity contribution in [3.63, 3.8) is 0 Å². The maximum Gasteiger partial charge on any atom is 0.417 e. The van der Waals surface area contributed by atoms with Crippen molar-refractivity contribution in [2.24, 2.45) is 0 Å². The quantitative estimate of drug-likeness (QED) is 0.338. The molecule has 0 fully saturated rings. The number of aromatic nitrogens is 1. The van der Waals surface area contributed by atoms with Gasteiger partial charge in [0, 0.05) is 6.20 Å². The topological polar surface area (TPSA) is 96.9 Å². The molecule has 0 N–H and O–H groups in total. The van der Waals surface area contributed by atoms with Crippen LogP contribution in [0.2, 0.25) is 0 Å². The van der Waals surface area contributed by atoms with Gasteiger partial charge in [0.05, 0.1) is 33.9 Å². The van der Waals surface area contributed by atoms with Crippen LogP contribution in [0, 0.1) is 27.3 Å². The number of pyridine rings is 1. The highest BCUT2D eigenvalue weighted by Gasteiger charge is 2.31. The van der Waals surface area contributed by atoms with Crippen LogP contribution < -0.4 is 0 Å². The van der Waals surface area contributed by atoms with Crippen LogP contribution >= 0.6 is 0 Å². The second-order valence-corrected chi connectivity index (χ2v) is 5.23. The SMILES string of the molecule is N#CC(C(=O)C=Cc1ccc(F)cc1[N+](=O)[O-])c1ccc(C(F)(F)F)cn1. The molecule has 6 nitrogen and oxygen atoms in total. The first-order valence-electron chi connectivity index (χ1n) is 7.22. The van der Waals surface area contributed by atoms with E-state index >= 15 is 0 Å². The van der Waals surface area contributed by atoms with Crippen LogP contribution in [-0.4, -0.2) is 15.7 Å². The van der Waals surface area contributed by atoms with Crippen molar-refractivity contribution in [1.82, 2.24) is 4.98 Å². The highest BCUT2D eigenvalue weighted by molar-refractivity contribution is 6.00. The number of alkyl halides is 3. The van der Waals surface area contributed by atoms with Crippen LogP contribution in [-0.2, 0) is 11.0 Å². The first kappa shape index (κ1) is 19.7. The van der Waals surface area contributed by atoms with E-state index in [2.05, 4.69) is 4.98 Å². The van der Waals surface area contributed by atoms with E-state index in [4.69, 9.17) is 5.26 Å². The summed E-state index contributed by atoms with van der Waals surface area (Å²) in [5, 5.41) is 20.0. The average Bonchev–Trinajstić information content (AvgIpc) is 2.60. The van der Waals surface area contributed by atoms with E-state index in [1.165, 1.54) is 0 Å². The number of benzene rings is 1. The number of ketones is 1. The third-order valence-electron chi connectivity index (χ3n) is 3.44. The molecule has 0 saturated heterocycles. The molecule has 2 rings (SSSR count). The smallest absolute Gasteiger partial charge is 0.293 e. The number of allylic oxidation sites excluding steroid dienone is 1. The van der Waals surface area contributed by atoms with Crippen LogP contribution in [0.4, 0.5) is 23.2 Å². The van der Waals surface area contributed by atoms with Crippen molar-refractivity contribution in [2.45, 2.75) is 12.1 Å². The molecule has 1 aromatic heterocycles. The molecule has 10 heteroatoms. The zero-order valence-electron chi connectivity index (χ0n) is 13.3. The number of nitro benzene ring substituents is 1. The Bertz CT molecular complexity index is 947. The fraction of sp³-hybridized carbons (Fsp3) is 0.118. The Kier molecular flexibility index (Phi) is 5.65. The number of hydrogen-bond donors (Lipinski definition) is 0. The lowest BCUT2D eigenvalue weighted by Gasteiger charge is -2.08. The van der Waals surface area contributed by atoms with E-state index in [0.29, 0.717) is 18.3 Å². The summed E-state index contributed by atoms with van der Waals surface area (Å²) in [5.74, 6) is -3.18. The summed E-state index contributed by atoms with van der Waals surface area (Å²) in [7, 11) is 0. The second-order valence-electron chi connectivity index (χ2n) is 5.23. The van der Waals surface area contributed by atoms with E-state index in [1.54, 1.807) is 6.07 Å². The lowest BCUT2D eigenvalue weighted by Crippen LogP contribution is -2.11. The summed E-state index contributed by atoms with van der Waals surface area (Å²) in [6.45, 7) is 0. The van der Waals surface area contributed by atoms with Crippen molar-refractivity contribution in [3.8, 4) is 6.07 Å². The van der Waals surface area contributed by atoms with Crippen molar-refractivity contribution in [3.05, 3.63) is 75.4 Å². The number of rotatable bonds is 5. The average molecular weight is 379 g/mol. The predicted octanol–water partition coefficient (Wildman–Crippen LogP) is 4.04. The number of carbonyl (C=O) groups is 1. The molecule has 27 heavy (non-hydrogen) atoms. The molecule has 1 unspecified atom stereocenters. The van der Waals surface area contributed by atoms with Gasteiger partial charge in [0.25, 0.3) is 5.69 Å². The Labute approximate surface area is 149 Å². The van der Waals surface area contributed by atoms with Crippen molar-refractivity contribution in [1.29, 1.82) is 5.26 Å². The molecule has 0 radical (unpaired) electrons. The third kappa shape index (κ3) is 4.72. The molecule has 0 aliphatic rings. The molecular formula is C17H9F4N3O3. The molecule has 0 amide bonds. The Hall–Kier alpha value is -3.61. The van der Waals surface area contributed by atoms with E-state index in [9.17, 15) is 32.5 Å². The summed E-state index contributed by atoms with van der Waals surface area (Å²) in [5.41, 5.74) is -1.89. The minimum Gasteiger partial charge on any atom is -0.293 e. The molecule has 1 heterocycles. The highest BCUT2D eigenvalue weighted by Crippen LogP contribution is 2.29. The van der Waals surface area contributed by atoms with E-state index in [1.807, 2.05) is 0 Å². The molecule has 0 saturated carbocycles. The molecule has 0 spiro atoms. The van der Waals surface area contributed by atoms with Crippen molar-refractivity contribution >= 4 is 17.5 Å². The number of hydrogen-bond acceptors (Lipinski definition) is 5. The van der Waals surface area contributed by atoms with Crippen LogP contribution in [0.1, 0.15) is 22.7 Å². The van der Waals surface area contributed by atoms with Gasteiger partial charge in [-0.2, -0.15) is 18.4 Å². The summed E-state index contributed by atoms with van der Waals surface area (Å²) >= 11 is 0. The van der Waals surface area contributed by atoms with E-state index in [0.717, 1.165) is 30.4 Å². The van der Waals surface area contributed by atoms with Crippen LogP contribution in [0.25, 0.3) is 6.08 Å². The Morgan fingerprint density at radius 3 is 2.52 bits per heavy atom. The molecule has 0 aliphatic heterocycles. The van der Waals surface area contributed by atoms with Gasteiger partial charge >= 0.3 is 6.18 Å². The molecule has 1 atom stereocenters. The van der Waals surface area contributed by atoms with Gasteiger partial charge in [-0.15, -0.1) is 0 Å². The fourth-order valence-corrected chi connectivity index (χ4v) is 2.10. The monoisotopic (exact) mass is 379 g/mol. The van der Waals surface area contributed by atoms with Crippen molar-refractivity contribution in [2.75, 3.05) is 0 Å². The summed E-state index contributed by atoms with van der Waals surface area (Å²) in [6, 6.07) is 5.92. The van der Waals surface area contributed by atoms with Gasteiger partial charge in [0.15, 0.2) is 11.7 Å². The lowest BCUT2D eigenvalue weighted by atomic mass is 9.99. The molecule has 1 aromatic carbocycles. The highest BCUT2D eigenvalue weighted by atomic mass is 19.4. The summed E-state index contributed by atoms with van der Waals surface area (Å²) < 4.78 is 50.7. The van der Waals surface area contributed by atoms with E-state index in [-0.39, 0.29) is 11.3 Å². The minimum atomic E-state index is -4.61. The zero-order valence-corrected chi connectivity index (χ0v) is 13.3. The summed E-state index contributed by atoms with van der Waals surface area (Å²) in [6.07, 6.45) is -2.23. The number of nitro groups is 1. The fourth-order valence-electron chi connectivity index (χ4n) is 2.10. The maximum atomic E-state index is 13.1. The van der Waals surface area contributed by atoms with Gasteiger partial charge in [0.2, 0.25) is 0 Å². The predicted molar refractivity (Wildman–Crippen MR) is 84.7 cm³/mol. The van der Waals surface area contributed by atoms with Gasteiger partial charge < -0.3 is 0 Å². The minimum absolute atomic E-state index is 0.0770. The second kappa shape index (κ2) is 7.74. The number of nitrogens with zero attached hydrogens (tertiary/aromatic N) is 3. The number of carbonyl (C=O) groups excluding carboxylic acids is 1. The van der Waals surface area contributed by atoms with Crippen LogP contribution in [0.15, 0.2) is 42.6 Å². The van der Waals surface area contributed by atoms with Crippen LogP contribution in [0.3, 0.4) is 0 Å². The van der Waals surface area contributed by atoms with Gasteiger partial charge in [-0.3, -0.25) is 19.9 Å². The van der Waals surface area contributed by atoms with Gasteiger partial charge in [-0.1, -0.05) is 0 Å². The Balaban J connectivity index is 2.27. The van der Waals surface area contributed by atoms with Gasteiger partial charge in [-0.25, -0.2) is 4.39 Å². The summed E-state index contributed by atoms with van der Waals surface area (Å²) in [4.78, 5) is 25.7. The zero-order chi connectivity index (χ0) is 20.2. The Morgan fingerprint density at radius 1 is 1.30 bits per heavy atom. The standard InChI is InChI=1S/C17H9F4N3O3/c18-12-4-1-10(15(7-12)24(26)27)2-6-16(25)13(8-22)14-5-3-11(9-23-14)17(19,20)21/h1-7,9,13H. The molecule has 0 aliphatic carbocycles. The maximum absolute atomic E-state index is 13.1. The van der Waals surface area contributed by atoms with Crippen molar-refractivity contribution < 1.29 is 27.3 Å². The van der Waals surface area contributed by atoms with Gasteiger partial charge in [-0.05, 0) is 36.4 Å². The largest absolute Gasteiger partial charge is 0.417 e.